The van der Waals surface area contributed by atoms with Crippen LogP contribution in [0.2, 0.25) is 0 Å². The molecule has 84 valence electrons. The molecule has 1 aliphatic carbocycles. The van der Waals surface area contributed by atoms with Gasteiger partial charge in [0.05, 0.1) is 12.1 Å². The number of hydrogen-bond donors (Lipinski definition) is 0. The van der Waals surface area contributed by atoms with Crippen LogP contribution in [0.15, 0.2) is 4.99 Å². The van der Waals surface area contributed by atoms with Crippen LogP contribution in [0.4, 0.5) is 0 Å². The first kappa shape index (κ1) is 10.5. The van der Waals surface area contributed by atoms with Gasteiger partial charge in [0.2, 0.25) is 0 Å². The van der Waals surface area contributed by atoms with Gasteiger partial charge in [-0.2, -0.15) is 0 Å². The molecule has 0 bridgehead atoms. The van der Waals surface area contributed by atoms with E-state index >= 15 is 0 Å². The summed E-state index contributed by atoms with van der Waals surface area (Å²) in [6.45, 7) is 2.71. The zero-order valence-electron chi connectivity index (χ0n) is 9.12. The number of ether oxygens (including phenoxy) is 2. The fourth-order valence-corrected chi connectivity index (χ4v) is 2.25. The van der Waals surface area contributed by atoms with Gasteiger partial charge in [0.15, 0.2) is 0 Å². The van der Waals surface area contributed by atoms with Gasteiger partial charge in [-0.25, -0.2) is 9.79 Å². The van der Waals surface area contributed by atoms with Crippen molar-refractivity contribution in [2.24, 2.45) is 4.99 Å². The molecule has 1 fully saturated rings. The van der Waals surface area contributed by atoms with E-state index in [-0.39, 0.29) is 11.4 Å². The number of carbonyl (C=O) groups excluding carboxylic acids is 1. The molecule has 0 aromatic rings. The molecule has 1 spiro atoms. The highest BCUT2D eigenvalue weighted by Gasteiger charge is 2.39. The molecule has 2 rings (SSSR count). The Morgan fingerprint density at radius 2 is 2.20 bits per heavy atom. The highest BCUT2D eigenvalue weighted by atomic mass is 16.6. The van der Waals surface area contributed by atoms with E-state index in [1.54, 1.807) is 6.92 Å². The van der Waals surface area contributed by atoms with E-state index in [1.807, 2.05) is 0 Å². The number of rotatable bonds is 2. The normalized spacial score (nSPS) is 23.4. The van der Waals surface area contributed by atoms with Crippen LogP contribution < -0.4 is 0 Å². The molecule has 2 aliphatic rings. The maximum atomic E-state index is 11.4. The molecule has 1 saturated carbocycles. The standard InChI is InChI=1S/C11H17NO3/c1-2-14-10(13)9-12-11(8-15-9)6-4-3-5-7-11/h2-8H2,1H3. The third kappa shape index (κ3) is 2.13. The number of aliphatic imine (C=N–C) groups is 1. The molecule has 0 unspecified atom stereocenters. The zero-order valence-corrected chi connectivity index (χ0v) is 9.12. The summed E-state index contributed by atoms with van der Waals surface area (Å²) in [5, 5.41) is 0. The predicted molar refractivity (Wildman–Crippen MR) is 55.8 cm³/mol. The van der Waals surface area contributed by atoms with E-state index in [0.29, 0.717) is 13.2 Å². The van der Waals surface area contributed by atoms with Crippen LogP contribution in [0.1, 0.15) is 39.0 Å². The quantitative estimate of drug-likeness (QED) is 0.653. The zero-order chi connectivity index (χ0) is 10.7. The molecule has 0 atom stereocenters. The van der Waals surface area contributed by atoms with Crippen molar-refractivity contribution in [2.75, 3.05) is 13.2 Å². The van der Waals surface area contributed by atoms with Crippen LogP contribution >= 0.6 is 0 Å². The fraction of sp³-hybridized carbons (Fsp3) is 0.818. The number of carbonyl (C=O) groups is 1. The molecule has 4 nitrogen and oxygen atoms in total. The smallest absolute Gasteiger partial charge is 0.393 e. The van der Waals surface area contributed by atoms with Crippen molar-refractivity contribution in [3.8, 4) is 0 Å². The van der Waals surface area contributed by atoms with Gasteiger partial charge in [-0.15, -0.1) is 0 Å². The van der Waals surface area contributed by atoms with Crippen LogP contribution in [-0.4, -0.2) is 30.6 Å². The summed E-state index contributed by atoms with van der Waals surface area (Å²) < 4.78 is 10.2. The second-order valence-electron chi connectivity index (χ2n) is 4.21. The lowest BCUT2D eigenvalue weighted by molar-refractivity contribution is -0.136. The summed E-state index contributed by atoms with van der Waals surface area (Å²) in [6.07, 6.45) is 5.71. The second kappa shape index (κ2) is 4.21. The molecular weight excluding hydrogens is 194 g/mol. The topological polar surface area (TPSA) is 47.9 Å². The van der Waals surface area contributed by atoms with Crippen molar-refractivity contribution in [3.63, 3.8) is 0 Å². The molecular formula is C11H17NO3. The first-order valence-corrected chi connectivity index (χ1v) is 5.65. The molecule has 1 aliphatic heterocycles. The molecule has 0 radical (unpaired) electrons. The highest BCUT2D eigenvalue weighted by Crippen LogP contribution is 2.35. The van der Waals surface area contributed by atoms with Gasteiger partial charge in [-0.05, 0) is 19.8 Å². The van der Waals surface area contributed by atoms with Crippen molar-refractivity contribution in [2.45, 2.75) is 44.6 Å². The number of nitrogens with zero attached hydrogens (tertiary/aromatic N) is 1. The van der Waals surface area contributed by atoms with Crippen molar-refractivity contribution >= 4 is 11.9 Å². The Bertz CT molecular complexity index is 280. The van der Waals surface area contributed by atoms with Gasteiger partial charge in [0, 0.05) is 0 Å². The van der Waals surface area contributed by atoms with Crippen molar-refractivity contribution in [3.05, 3.63) is 0 Å². The van der Waals surface area contributed by atoms with Gasteiger partial charge >= 0.3 is 5.97 Å². The van der Waals surface area contributed by atoms with E-state index < -0.39 is 5.97 Å². The minimum absolute atomic E-state index is 0.111. The van der Waals surface area contributed by atoms with Gasteiger partial charge in [0.25, 0.3) is 5.90 Å². The van der Waals surface area contributed by atoms with Crippen LogP contribution in [0.5, 0.6) is 0 Å². The Morgan fingerprint density at radius 3 is 2.87 bits per heavy atom. The van der Waals surface area contributed by atoms with Gasteiger partial charge in [-0.3, -0.25) is 0 Å². The van der Waals surface area contributed by atoms with Crippen molar-refractivity contribution in [1.29, 1.82) is 0 Å². The van der Waals surface area contributed by atoms with E-state index in [9.17, 15) is 4.79 Å². The van der Waals surface area contributed by atoms with Gasteiger partial charge < -0.3 is 9.47 Å². The summed E-state index contributed by atoms with van der Waals surface area (Å²) in [4.78, 5) is 15.8. The average Bonchev–Trinajstić information content (AvgIpc) is 2.64. The van der Waals surface area contributed by atoms with Crippen molar-refractivity contribution in [1.82, 2.24) is 0 Å². The summed E-state index contributed by atoms with van der Waals surface area (Å²) in [6, 6.07) is 0. The lowest BCUT2D eigenvalue weighted by Crippen LogP contribution is -2.30. The molecule has 0 aromatic carbocycles. The Hall–Kier alpha value is -1.06. The molecule has 1 heterocycles. The summed E-state index contributed by atoms with van der Waals surface area (Å²) >= 11 is 0. The molecule has 0 amide bonds. The average molecular weight is 211 g/mol. The van der Waals surface area contributed by atoms with Crippen molar-refractivity contribution < 1.29 is 14.3 Å². The fourth-order valence-electron chi connectivity index (χ4n) is 2.25. The first-order chi connectivity index (χ1) is 7.26. The third-order valence-corrected chi connectivity index (χ3v) is 3.05. The summed E-state index contributed by atoms with van der Waals surface area (Å²) in [7, 11) is 0. The van der Waals surface area contributed by atoms with E-state index in [2.05, 4.69) is 4.99 Å². The Kier molecular flexibility index (Phi) is 2.93. The third-order valence-electron chi connectivity index (χ3n) is 3.05. The number of hydrogen-bond acceptors (Lipinski definition) is 4. The van der Waals surface area contributed by atoms with E-state index in [4.69, 9.17) is 9.47 Å². The lowest BCUT2D eigenvalue weighted by Gasteiger charge is -2.27. The molecule has 4 heteroatoms. The van der Waals surface area contributed by atoms with Crippen LogP contribution in [0.25, 0.3) is 0 Å². The SMILES string of the molecule is CCOC(=O)C1=NC2(CCCCC2)CO1. The van der Waals surface area contributed by atoms with Crippen LogP contribution in [-0.2, 0) is 14.3 Å². The minimum Gasteiger partial charge on any atom is -0.470 e. The maximum absolute atomic E-state index is 11.4. The molecule has 0 saturated heterocycles. The van der Waals surface area contributed by atoms with Gasteiger partial charge in [0.1, 0.15) is 6.61 Å². The monoisotopic (exact) mass is 211 g/mol. The molecule has 0 N–H and O–H groups in total. The Morgan fingerprint density at radius 1 is 1.47 bits per heavy atom. The summed E-state index contributed by atoms with van der Waals surface area (Å²) in [5.74, 6) is -0.237. The molecule has 15 heavy (non-hydrogen) atoms. The molecule has 0 aromatic heterocycles. The van der Waals surface area contributed by atoms with E-state index in [0.717, 1.165) is 12.8 Å². The summed E-state index contributed by atoms with van der Waals surface area (Å²) in [5.41, 5.74) is -0.111. The van der Waals surface area contributed by atoms with Crippen LogP contribution in [0.3, 0.4) is 0 Å². The first-order valence-electron chi connectivity index (χ1n) is 5.65. The maximum Gasteiger partial charge on any atom is 0.393 e. The van der Waals surface area contributed by atoms with Crippen LogP contribution in [0, 0.1) is 0 Å². The minimum atomic E-state index is -0.417. The largest absolute Gasteiger partial charge is 0.470 e. The Balaban J connectivity index is 2.03. The Labute approximate surface area is 89.7 Å². The van der Waals surface area contributed by atoms with Gasteiger partial charge in [-0.1, -0.05) is 19.3 Å². The second-order valence-corrected chi connectivity index (χ2v) is 4.21. The van der Waals surface area contributed by atoms with E-state index in [1.165, 1.54) is 19.3 Å². The highest BCUT2D eigenvalue weighted by molar-refractivity contribution is 6.33. The predicted octanol–water partition coefficient (Wildman–Crippen LogP) is 1.68. The lowest BCUT2D eigenvalue weighted by atomic mass is 9.83. The number of esters is 1.